The lowest BCUT2D eigenvalue weighted by atomic mass is 10.3. The Morgan fingerprint density at radius 1 is 1.69 bits per heavy atom. The molecule has 0 aromatic carbocycles. The van der Waals surface area contributed by atoms with Crippen LogP contribution in [-0.2, 0) is 11.3 Å². The Morgan fingerprint density at radius 3 is 2.85 bits per heavy atom. The quantitative estimate of drug-likeness (QED) is 0.758. The number of carboxylic acid groups (broad SMARTS) is 1. The van der Waals surface area contributed by atoms with Crippen LogP contribution in [0.1, 0.15) is 12.8 Å². The molecule has 72 valence electrons. The van der Waals surface area contributed by atoms with E-state index in [1.54, 1.807) is 0 Å². The minimum Gasteiger partial charge on any atom is -0.481 e. The van der Waals surface area contributed by atoms with Crippen LogP contribution >= 0.6 is 11.6 Å². The van der Waals surface area contributed by atoms with Gasteiger partial charge in [-0.2, -0.15) is 0 Å². The number of carbonyl (C=O) groups is 1. The molecule has 1 heterocycles. The van der Waals surface area contributed by atoms with Gasteiger partial charge in [0.25, 0.3) is 0 Å². The summed E-state index contributed by atoms with van der Waals surface area (Å²) >= 11 is 5.64. The topological polar surface area (TPSA) is 75.1 Å². The molecule has 5 nitrogen and oxygen atoms in total. The summed E-state index contributed by atoms with van der Waals surface area (Å²) in [5.41, 5.74) is -0.310. The lowest BCUT2D eigenvalue weighted by Crippen LogP contribution is -2.17. The predicted octanol–water partition coefficient (Wildman–Crippen LogP) is 0.695. The normalized spacial score (nSPS) is 10.2. The number of hydrogen-bond donors (Lipinski definition) is 2. The minimum absolute atomic E-state index is 0.0357. The molecule has 0 saturated heterocycles. The van der Waals surface area contributed by atoms with Crippen molar-refractivity contribution in [3.63, 3.8) is 0 Å². The molecule has 13 heavy (non-hydrogen) atoms. The summed E-state index contributed by atoms with van der Waals surface area (Å²) < 4.78 is 1.30. The van der Waals surface area contributed by atoms with Crippen LogP contribution in [0.5, 0.6) is 0 Å². The Bertz CT molecular complexity index is 355. The van der Waals surface area contributed by atoms with Crippen molar-refractivity contribution >= 4 is 17.6 Å². The van der Waals surface area contributed by atoms with Crippen molar-refractivity contribution in [1.82, 2.24) is 9.55 Å². The molecule has 0 amide bonds. The smallest absolute Gasteiger partial charge is 0.326 e. The molecule has 1 aromatic heterocycles. The zero-order valence-electron chi connectivity index (χ0n) is 6.79. The minimum atomic E-state index is -0.875. The van der Waals surface area contributed by atoms with Crippen LogP contribution in [0.2, 0.25) is 5.15 Å². The summed E-state index contributed by atoms with van der Waals surface area (Å²) in [6.07, 6.45) is 1.81. The molecule has 0 fully saturated rings. The van der Waals surface area contributed by atoms with Crippen LogP contribution in [0.4, 0.5) is 0 Å². The first-order valence-electron chi connectivity index (χ1n) is 3.77. The Balaban J connectivity index is 2.54. The number of hydrogen-bond acceptors (Lipinski definition) is 2. The van der Waals surface area contributed by atoms with E-state index in [2.05, 4.69) is 4.98 Å². The van der Waals surface area contributed by atoms with Crippen LogP contribution in [0.15, 0.2) is 11.0 Å². The molecule has 0 unspecified atom stereocenters. The second kappa shape index (κ2) is 4.13. The predicted molar refractivity (Wildman–Crippen MR) is 46.9 cm³/mol. The fourth-order valence-corrected chi connectivity index (χ4v) is 1.19. The monoisotopic (exact) mass is 204 g/mol. The summed E-state index contributed by atoms with van der Waals surface area (Å²) in [7, 11) is 0. The van der Waals surface area contributed by atoms with Gasteiger partial charge in [0, 0.05) is 19.2 Å². The molecular formula is C7H9ClN2O3. The number of rotatable bonds is 4. The second-order valence-corrected chi connectivity index (χ2v) is 2.95. The van der Waals surface area contributed by atoms with Crippen molar-refractivity contribution in [2.24, 2.45) is 0 Å². The van der Waals surface area contributed by atoms with Crippen molar-refractivity contribution in [3.05, 3.63) is 21.8 Å². The lowest BCUT2D eigenvalue weighted by molar-refractivity contribution is -0.137. The van der Waals surface area contributed by atoms with E-state index in [4.69, 9.17) is 16.7 Å². The van der Waals surface area contributed by atoms with Gasteiger partial charge in [-0.25, -0.2) is 4.79 Å². The van der Waals surface area contributed by atoms with Crippen LogP contribution in [0.3, 0.4) is 0 Å². The number of nitrogens with one attached hydrogen (secondary N) is 1. The molecule has 2 N–H and O–H groups in total. The summed E-state index contributed by atoms with van der Waals surface area (Å²) in [4.78, 5) is 23.6. The Morgan fingerprint density at radius 2 is 2.38 bits per heavy atom. The third-order valence-electron chi connectivity index (χ3n) is 1.59. The molecule has 0 saturated carbocycles. The maximum atomic E-state index is 11.0. The van der Waals surface area contributed by atoms with Crippen molar-refractivity contribution in [2.45, 2.75) is 19.4 Å². The molecule has 0 spiro atoms. The molecule has 0 radical (unpaired) electrons. The number of halogens is 1. The SMILES string of the molecule is O=C(O)CCCn1c(Cl)c[nH]c1=O. The van der Waals surface area contributed by atoms with Crippen molar-refractivity contribution < 1.29 is 9.90 Å². The average Bonchev–Trinajstić information content (AvgIpc) is 2.34. The van der Waals surface area contributed by atoms with E-state index in [1.807, 2.05) is 0 Å². The van der Waals surface area contributed by atoms with Crippen LogP contribution in [-0.4, -0.2) is 20.6 Å². The van der Waals surface area contributed by atoms with Gasteiger partial charge < -0.3 is 10.1 Å². The first-order valence-corrected chi connectivity index (χ1v) is 4.14. The highest BCUT2D eigenvalue weighted by atomic mass is 35.5. The van der Waals surface area contributed by atoms with Crippen molar-refractivity contribution in [2.75, 3.05) is 0 Å². The number of aromatic amines is 1. The van der Waals surface area contributed by atoms with E-state index >= 15 is 0 Å². The summed E-state index contributed by atoms with van der Waals surface area (Å²) in [5, 5.41) is 8.65. The largest absolute Gasteiger partial charge is 0.481 e. The highest BCUT2D eigenvalue weighted by Crippen LogP contribution is 2.04. The number of aliphatic carboxylic acids is 1. The molecule has 0 bridgehead atoms. The van der Waals surface area contributed by atoms with E-state index in [0.717, 1.165) is 0 Å². The van der Waals surface area contributed by atoms with E-state index in [0.29, 0.717) is 18.1 Å². The highest BCUT2D eigenvalue weighted by molar-refractivity contribution is 6.29. The Labute approximate surface area is 79.0 Å². The van der Waals surface area contributed by atoms with Gasteiger partial charge in [-0.05, 0) is 6.42 Å². The summed E-state index contributed by atoms with van der Waals surface area (Å²) in [6, 6.07) is 0. The lowest BCUT2D eigenvalue weighted by Gasteiger charge is -1.99. The van der Waals surface area contributed by atoms with E-state index in [-0.39, 0.29) is 12.1 Å². The van der Waals surface area contributed by atoms with Crippen molar-refractivity contribution in [3.8, 4) is 0 Å². The maximum absolute atomic E-state index is 11.0. The number of nitrogens with zero attached hydrogens (tertiary/aromatic N) is 1. The molecule has 1 aromatic rings. The first kappa shape index (κ1) is 9.85. The first-order chi connectivity index (χ1) is 6.11. The second-order valence-electron chi connectivity index (χ2n) is 2.57. The van der Waals surface area contributed by atoms with Crippen LogP contribution in [0, 0.1) is 0 Å². The van der Waals surface area contributed by atoms with E-state index in [9.17, 15) is 9.59 Å². The Hall–Kier alpha value is -1.23. The molecule has 1 rings (SSSR count). The van der Waals surface area contributed by atoms with Gasteiger partial charge in [-0.1, -0.05) is 11.6 Å². The Kier molecular flexibility index (Phi) is 3.13. The third kappa shape index (κ3) is 2.62. The third-order valence-corrected chi connectivity index (χ3v) is 1.90. The zero-order chi connectivity index (χ0) is 9.84. The molecule has 0 aliphatic carbocycles. The van der Waals surface area contributed by atoms with Gasteiger partial charge in [-0.15, -0.1) is 0 Å². The summed E-state index contributed by atoms with van der Waals surface area (Å²) in [5.74, 6) is -0.875. The van der Waals surface area contributed by atoms with Gasteiger partial charge in [0.05, 0.1) is 0 Å². The number of H-pyrrole nitrogens is 1. The molecule has 0 atom stereocenters. The van der Waals surface area contributed by atoms with Gasteiger partial charge in [-0.3, -0.25) is 9.36 Å². The number of aromatic nitrogens is 2. The van der Waals surface area contributed by atoms with Crippen LogP contribution < -0.4 is 5.69 Å². The average molecular weight is 205 g/mol. The molecular weight excluding hydrogens is 196 g/mol. The standard InChI is InChI=1S/C7H9ClN2O3/c8-5-4-9-7(13)10(5)3-1-2-6(11)12/h4H,1-3H2,(H,9,13)(H,11,12). The number of imidazole rings is 1. The maximum Gasteiger partial charge on any atom is 0.326 e. The van der Waals surface area contributed by atoms with Crippen LogP contribution in [0.25, 0.3) is 0 Å². The number of carboxylic acids is 1. The van der Waals surface area contributed by atoms with E-state index < -0.39 is 5.97 Å². The highest BCUT2D eigenvalue weighted by Gasteiger charge is 2.03. The van der Waals surface area contributed by atoms with E-state index in [1.165, 1.54) is 10.8 Å². The van der Waals surface area contributed by atoms with Gasteiger partial charge in [0.2, 0.25) is 0 Å². The van der Waals surface area contributed by atoms with Gasteiger partial charge in [0.15, 0.2) is 0 Å². The molecule has 0 aliphatic heterocycles. The van der Waals surface area contributed by atoms with Crippen molar-refractivity contribution in [1.29, 1.82) is 0 Å². The van der Waals surface area contributed by atoms with Gasteiger partial charge in [0.1, 0.15) is 5.15 Å². The molecule has 0 aliphatic rings. The zero-order valence-corrected chi connectivity index (χ0v) is 7.54. The summed E-state index contributed by atoms with van der Waals surface area (Å²) in [6.45, 7) is 0.327. The van der Waals surface area contributed by atoms with Gasteiger partial charge >= 0.3 is 11.7 Å². The fraction of sp³-hybridized carbons (Fsp3) is 0.429. The fourth-order valence-electron chi connectivity index (χ4n) is 0.971. The molecule has 6 heteroatoms.